The van der Waals surface area contributed by atoms with Crippen molar-refractivity contribution in [3.63, 3.8) is 0 Å². The third-order valence-electron chi connectivity index (χ3n) is 4.09. The third-order valence-corrected chi connectivity index (χ3v) is 4.09. The molecule has 1 aliphatic rings. The first kappa shape index (κ1) is 22.2. The zero-order valence-corrected chi connectivity index (χ0v) is 17.9. The molecule has 0 aliphatic carbocycles. The van der Waals surface area contributed by atoms with Crippen LogP contribution < -0.4 is 10.6 Å². The van der Waals surface area contributed by atoms with Gasteiger partial charge in [0.2, 0.25) is 0 Å². The van der Waals surface area contributed by atoms with Gasteiger partial charge in [0.25, 0.3) is 0 Å². The minimum atomic E-state index is 0. The molecule has 2 heterocycles. The summed E-state index contributed by atoms with van der Waals surface area (Å²) in [4.78, 5) is 9.26. The molecule has 0 aromatic carbocycles. The lowest BCUT2D eigenvalue weighted by atomic mass is 10.2. The maximum atomic E-state index is 5.54. The Morgan fingerprint density at radius 3 is 2.68 bits per heavy atom. The summed E-state index contributed by atoms with van der Waals surface area (Å²) in [5.41, 5.74) is 0. The third kappa shape index (κ3) is 7.93. The van der Waals surface area contributed by atoms with Crippen molar-refractivity contribution in [2.45, 2.75) is 13.0 Å². The van der Waals surface area contributed by atoms with Crippen LogP contribution in [0.1, 0.15) is 18.7 Å². The largest absolute Gasteiger partial charge is 0.468 e. The van der Waals surface area contributed by atoms with Gasteiger partial charge in [0.15, 0.2) is 5.96 Å². The fourth-order valence-corrected chi connectivity index (χ4v) is 2.67. The van der Waals surface area contributed by atoms with Crippen molar-refractivity contribution in [1.82, 2.24) is 20.4 Å². The predicted molar refractivity (Wildman–Crippen MR) is 112 cm³/mol. The fraction of sp³-hybridized carbons (Fsp3) is 0.706. The molecular weight excluding hydrogens is 433 g/mol. The van der Waals surface area contributed by atoms with Gasteiger partial charge in [-0.05, 0) is 33.2 Å². The van der Waals surface area contributed by atoms with Crippen LogP contribution in [0.3, 0.4) is 0 Å². The van der Waals surface area contributed by atoms with E-state index in [1.54, 1.807) is 6.26 Å². The predicted octanol–water partition coefficient (Wildman–Crippen LogP) is 1.39. The van der Waals surface area contributed by atoms with Crippen LogP contribution in [0.15, 0.2) is 27.8 Å². The lowest BCUT2D eigenvalue weighted by molar-refractivity contribution is 0.0389. The summed E-state index contributed by atoms with van der Waals surface area (Å²) in [7, 11) is 4.09. The summed E-state index contributed by atoms with van der Waals surface area (Å²) in [6.45, 7) is 9.14. The Morgan fingerprint density at radius 2 is 2.08 bits per heavy atom. The van der Waals surface area contributed by atoms with Gasteiger partial charge in [-0.3, -0.25) is 14.8 Å². The second kappa shape index (κ2) is 12.5. The average Bonchev–Trinajstić information content (AvgIpc) is 3.10. The molecule has 1 fully saturated rings. The number of nitrogens with zero attached hydrogens (tertiary/aromatic N) is 3. The van der Waals surface area contributed by atoms with Crippen LogP contribution in [0.2, 0.25) is 0 Å². The number of aliphatic imine (C=N–C) groups is 1. The SMILES string of the molecule is CCNC(=NCC(c1ccco1)N(C)C)NCCN1CCOCC1.I. The molecule has 144 valence electrons. The number of likely N-dealkylation sites (N-methyl/N-ethyl adjacent to an activating group) is 1. The van der Waals surface area contributed by atoms with E-state index in [4.69, 9.17) is 14.1 Å². The smallest absolute Gasteiger partial charge is 0.191 e. The van der Waals surface area contributed by atoms with Crippen molar-refractivity contribution in [1.29, 1.82) is 0 Å². The highest BCUT2D eigenvalue weighted by atomic mass is 127. The van der Waals surface area contributed by atoms with Gasteiger partial charge in [-0.25, -0.2) is 0 Å². The number of hydrogen-bond donors (Lipinski definition) is 2. The van der Waals surface area contributed by atoms with Crippen LogP contribution in [-0.4, -0.2) is 82.3 Å². The van der Waals surface area contributed by atoms with Gasteiger partial charge < -0.3 is 19.8 Å². The van der Waals surface area contributed by atoms with Crippen LogP contribution in [0, 0.1) is 0 Å². The average molecular weight is 465 g/mol. The van der Waals surface area contributed by atoms with E-state index in [-0.39, 0.29) is 30.0 Å². The Hall–Kier alpha value is -0.840. The Bertz CT molecular complexity index is 475. The molecule has 1 saturated heterocycles. The second-order valence-corrected chi connectivity index (χ2v) is 6.10. The summed E-state index contributed by atoms with van der Waals surface area (Å²) in [5.74, 6) is 1.79. The van der Waals surface area contributed by atoms with Crippen LogP contribution in [-0.2, 0) is 4.74 Å². The van der Waals surface area contributed by atoms with E-state index < -0.39 is 0 Å². The van der Waals surface area contributed by atoms with Crippen molar-refractivity contribution in [2.75, 3.05) is 66.6 Å². The van der Waals surface area contributed by atoms with Gasteiger partial charge in [-0.15, -0.1) is 24.0 Å². The highest BCUT2D eigenvalue weighted by Gasteiger charge is 2.16. The monoisotopic (exact) mass is 465 g/mol. The minimum Gasteiger partial charge on any atom is -0.468 e. The van der Waals surface area contributed by atoms with Crippen molar-refractivity contribution in [2.24, 2.45) is 4.99 Å². The Labute approximate surface area is 168 Å². The summed E-state index contributed by atoms with van der Waals surface area (Å²) in [5, 5.41) is 6.72. The zero-order valence-electron chi connectivity index (χ0n) is 15.5. The van der Waals surface area contributed by atoms with Crippen LogP contribution in [0.4, 0.5) is 0 Å². The standard InChI is InChI=1S/C17H31N5O2.HI/c1-4-18-17(19-7-8-22-9-12-23-13-10-22)20-14-15(21(2)3)16-6-5-11-24-16;/h5-6,11,15H,4,7-10,12-14H2,1-3H3,(H2,18,19,20);1H. The number of furan rings is 1. The van der Waals surface area contributed by atoms with Gasteiger partial charge in [0.05, 0.1) is 32.1 Å². The van der Waals surface area contributed by atoms with Crippen molar-refractivity contribution in [3.8, 4) is 0 Å². The highest BCUT2D eigenvalue weighted by Crippen LogP contribution is 2.18. The summed E-state index contributed by atoms with van der Waals surface area (Å²) < 4.78 is 10.9. The van der Waals surface area contributed by atoms with Crippen molar-refractivity contribution < 1.29 is 9.15 Å². The van der Waals surface area contributed by atoms with E-state index in [1.165, 1.54) is 0 Å². The Balaban J connectivity index is 0.00000312. The number of halogens is 1. The number of nitrogens with one attached hydrogen (secondary N) is 2. The first-order valence-electron chi connectivity index (χ1n) is 8.72. The highest BCUT2D eigenvalue weighted by molar-refractivity contribution is 14.0. The van der Waals surface area contributed by atoms with Crippen LogP contribution in [0.25, 0.3) is 0 Å². The number of ether oxygens (including phenoxy) is 1. The molecule has 7 nitrogen and oxygen atoms in total. The van der Waals surface area contributed by atoms with Crippen LogP contribution in [0.5, 0.6) is 0 Å². The second-order valence-electron chi connectivity index (χ2n) is 6.10. The fourth-order valence-electron chi connectivity index (χ4n) is 2.67. The molecule has 1 aromatic rings. The first-order valence-corrected chi connectivity index (χ1v) is 8.72. The van der Waals surface area contributed by atoms with Gasteiger partial charge in [0.1, 0.15) is 5.76 Å². The Kier molecular flexibility index (Phi) is 11.1. The normalized spacial score (nSPS) is 17.2. The molecule has 25 heavy (non-hydrogen) atoms. The van der Waals surface area contributed by atoms with E-state index >= 15 is 0 Å². The van der Waals surface area contributed by atoms with Crippen molar-refractivity contribution >= 4 is 29.9 Å². The van der Waals surface area contributed by atoms with E-state index in [0.29, 0.717) is 6.54 Å². The summed E-state index contributed by atoms with van der Waals surface area (Å²) in [6, 6.07) is 4.05. The van der Waals surface area contributed by atoms with Gasteiger partial charge in [-0.2, -0.15) is 0 Å². The molecule has 0 radical (unpaired) electrons. The molecule has 0 spiro atoms. The number of guanidine groups is 1. The summed E-state index contributed by atoms with van der Waals surface area (Å²) >= 11 is 0. The molecule has 2 rings (SSSR count). The quantitative estimate of drug-likeness (QED) is 0.344. The molecule has 0 bridgehead atoms. The number of hydrogen-bond acceptors (Lipinski definition) is 5. The van der Waals surface area contributed by atoms with Gasteiger partial charge in [0, 0.05) is 32.7 Å². The number of morpholine rings is 1. The molecule has 1 aliphatic heterocycles. The molecular formula is C17H32IN5O2. The number of rotatable bonds is 8. The molecule has 8 heteroatoms. The van der Waals surface area contributed by atoms with Crippen LogP contribution >= 0.6 is 24.0 Å². The van der Waals surface area contributed by atoms with E-state index in [1.807, 2.05) is 26.2 Å². The molecule has 1 atom stereocenters. The molecule has 0 amide bonds. The zero-order chi connectivity index (χ0) is 17.2. The maximum Gasteiger partial charge on any atom is 0.191 e. The lowest BCUT2D eigenvalue weighted by Gasteiger charge is -2.27. The van der Waals surface area contributed by atoms with E-state index in [0.717, 1.165) is 57.7 Å². The van der Waals surface area contributed by atoms with E-state index in [9.17, 15) is 0 Å². The Morgan fingerprint density at radius 1 is 1.32 bits per heavy atom. The first-order chi connectivity index (χ1) is 11.7. The lowest BCUT2D eigenvalue weighted by Crippen LogP contribution is -2.44. The molecule has 1 unspecified atom stereocenters. The summed E-state index contributed by atoms with van der Waals surface area (Å²) in [6.07, 6.45) is 1.71. The topological polar surface area (TPSA) is 65.3 Å². The van der Waals surface area contributed by atoms with Crippen molar-refractivity contribution in [3.05, 3.63) is 24.2 Å². The minimum absolute atomic E-state index is 0. The maximum absolute atomic E-state index is 5.54. The molecule has 0 saturated carbocycles. The van der Waals surface area contributed by atoms with E-state index in [2.05, 4.69) is 27.4 Å². The molecule has 2 N–H and O–H groups in total. The van der Waals surface area contributed by atoms with Gasteiger partial charge in [-0.1, -0.05) is 0 Å². The molecule has 1 aromatic heterocycles. The van der Waals surface area contributed by atoms with Gasteiger partial charge >= 0.3 is 0 Å².